The van der Waals surface area contributed by atoms with Gasteiger partial charge in [-0.15, -0.1) is 12.4 Å². The fourth-order valence-electron chi connectivity index (χ4n) is 1.65. The molecular weight excluding hydrogens is 244 g/mol. The van der Waals surface area contributed by atoms with Gasteiger partial charge in [0, 0.05) is 6.54 Å². The summed E-state index contributed by atoms with van der Waals surface area (Å²) in [6.07, 6.45) is 3.53. The van der Waals surface area contributed by atoms with E-state index < -0.39 is 5.97 Å². The van der Waals surface area contributed by atoms with Gasteiger partial charge in [-0.3, -0.25) is 14.5 Å². The van der Waals surface area contributed by atoms with Crippen molar-refractivity contribution in [1.29, 1.82) is 0 Å². The van der Waals surface area contributed by atoms with E-state index in [1.807, 2.05) is 0 Å². The standard InChI is InChI=1S/C11H20N2O3.ClH/c1-2-5-13(7-9-3-4-9)8-10(14)12-6-11(15)16;/h9H,2-8H2,1H3,(H,12,14)(H,15,16);1H. The van der Waals surface area contributed by atoms with Crippen molar-refractivity contribution in [3.63, 3.8) is 0 Å². The molecule has 100 valence electrons. The van der Waals surface area contributed by atoms with Gasteiger partial charge in [0.25, 0.3) is 0 Å². The van der Waals surface area contributed by atoms with E-state index in [-0.39, 0.29) is 24.9 Å². The first-order valence-electron chi connectivity index (χ1n) is 5.82. The molecule has 0 saturated heterocycles. The minimum atomic E-state index is -1.00. The fourth-order valence-corrected chi connectivity index (χ4v) is 1.65. The minimum absolute atomic E-state index is 0. The van der Waals surface area contributed by atoms with Crippen LogP contribution in [0.1, 0.15) is 26.2 Å². The number of hydrogen-bond donors (Lipinski definition) is 2. The van der Waals surface area contributed by atoms with Crippen molar-refractivity contribution < 1.29 is 14.7 Å². The summed E-state index contributed by atoms with van der Waals surface area (Å²) in [5.41, 5.74) is 0. The van der Waals surface area contributed by atoms with Crippen LogP contribution in [-0.2, 0) is 9.59 Å². The summed E-state index contributed by atoms with van der Waals surface area (Å²) in [5, 5.41) is 10.8. The molecular formula is C11H21ClN2O3. The van der Waals surface area contributed by atoms with Crippen LogP contribution in [0.2, 0.25) is 0 Å². The topological polar surface area (TPSA) is 69.6 Å². The van der Waals surface area contributed by atoms with Crippen LogP contribution in [0.15, 0.2) is 0 Å². The highest BCUT2D eigenvalue weighted by molar-refractivity contribution is 5.85. The summed E-state index contributed by atoms with van der Waals surface area (Å²) in [7, 11) is 0. The second-order valence-corrected chi connectivity index (χ2v) is 4.35. The lowest BCUT2D eigenvalue weighted by Gasteiger charge is -2.20. The van der Waals surface area contributed by atoms with Gasteiger partial charge in [0.1, 0.15) is 6.54 Å². The number of carbonyl (C=O) groups excluding carboxylic acids is 1. The Morgan fingerprint density at radius 1 is 1.41 bits per heavy atom. The fraction of sp³-hybridized carbons (Fsp3) is 0.818. The third kappa shape index (κ3) is 7.99. The van der Waals surface area contributed by atoms with Crippen LogP contribution in [0.3, 0.4) is 0 Å². The van der Waals surface area contributed by atoms with E-state index in [1.54, 1.807) is 0 Å². The van der Waals surface area contributed by atoms with Crippen LogP contribution < -0.4 is 5.32 Å². The second kappa shape index (κ2) is 8.31. The first kappa shape index (κ1) is 16.2. The van der Waals surface area contributed by atoms with Gasteiger partial charge >= 0.3 is 5.97 Å². The summed E-state index contributed by atoms with van der Waals surface area (Å²) in [4.78, 5) is 23.8. The lowest BCUT2D eigenvalue weighted by molar-refractivity contribution is -0.138. The molecule has 1 aliphatic carbocycles. The molecule has 0 bridgehead atoms. The molecule has 5 nitrogen and oxygen atoms in total. The van der Waals surface area contributed by atoms with Crippen LogP contribution in [0.5, 0.6) is 0 Å². The SMILES string of the molecule is CCCN(CC(=O)NCC(=O)O)CC1CC1.Cl. The number of carboxylic acids is 1. The Morgan fingerprint density at radius 2 is 2.06 bits per heavy atom. The molecule has 0 radical (unpaired) electrons. The number of hydrogen-bond acceptors (Lipinski definition) is 3. The zero-order valence-corrected chi connectivity index (χ0v) is 11.0. The first-order chi connectivity index (χ1) is 7.61. The number of nitrogens with zero attached hydrogens (tertiary/aromatic N) is 1. The number of carbonyl (C=O) groups is 2. The van der Waals surface area contributed by atoms with Crippen LogP contribution in [-0.4, -0.2) is 48.1 Å². The molecule has 0 aromatic rings. The molecule has 17 heavy (non-hydrogen) atoms. The van der Waals surface area contributed by atoms with Crippen molar-refractivity contribution in [3.8, 4) is 0 Å². The van der Waals surface area contributed by atoms with E-state index in [0.29, 0.717) is 6.54 Å². The Labute approximate surface area is 108 Å². The summed E-state index contributed by atoms with van der Waals surface area (Å²) in [5.74, 6) is -0.451. The van der Waals surface area contributed by atoms with Gasteiger partial charge in [-0.05, 0) is 31.7 Å². The van der Waals surface area contributed by atoms with E-state index in [4.69, 9.17) is 5.11 Å². The molecule has 1 aliphatic rings. The molecule has 0 aliphatic heterocycles. The zero-order chi connectivity index (χ0) is 12.0. The average Bonchev–Trinajstić information content (AvgIpc) is 2.99. The third-order valence-electron chi connectivity index (χ3n) is 2.56. The Bertz CT molecular complexity index is 257. The maximum absolute atomic E-state index is 11.4. The van der Waals surface area contributed by atoms with E-state index in [0.717, 1.165) is 25.4 Å². The second-order valence-electron chi connectivity index (χ2n) is 4.35. The van der Waals surface area contributed by atoms with E-state index >= 15 is 0 Å². The van der Waals surface area contributed by atoms with Gasteiger partial charge in [-0.1, -0.05) is 6.92 Å². The molecule has 0 heterocycles. The maximum atomic E-state index is 11.4. The van der Waals surface area contributed by atoms with Gasteiger partial charge in [0.2, 0.25) is 5.91 Å². The smallest absolute Gasteiger partial charge is 0.322 e. The van der Waals surface area contributed by atoms with Crippen molar-refractivity contribution in [3.05, 3.63) is 0 Å². The molecule has 0 atom stereocenters. The summed E-state index contributed by atoms with van der Waals surface area (Å²) in [6.45, 7) is 3.97. The Morgan fingerprint density at radius 3 is 2.53 bits per heavy atom. The van der Waals surface area contributed by atoms with Crippen molar-refractivity contribution >= 4 is 24.3 Å². The van der Waals surface area contributed by atoms with Gasteiger partial charge < -0.3 is 10.4 Å². The number of aliphatic carboxylic acids is 1. The molecule has 1 amide bonds. The average molecular weight is 265 g/mol. The molecule has 1 rings (SSSR count). The first-order valence-corrected chi connectivity index (χ1v) is 5.82. The maximum Gasteiger partial charge on any atom is 0.322 e. The number of rotatable bonds is 8. The van der Waals surface area contributed by atoms with Crippen molar-refractivity contribution in [2.75, 3.05) is 26.2 Å². The van der Waals surface area contributed by atoms with Crippen molar-refractivity contribution in [2.24, 2.45) is 5.92 Å². The molecule has 1 saturated carbocycles. The van der Waals surface area contributed by atoms with Crippen LogP contribution in [0.25, 0.3) is 0 Å². The van der Waals surface area contributed by atoms with Crippen LogP contribution >= 0.6 is 12.4 Å². The van der Waals surface area contributed by atoms with E-state index in [2.05, 4.69) is 17.1 Å². The molecule has 0 aromatic carbocycles. The third-order valence-corrected chi connectivity index (χ3v) is 2.56. The highest BCUT2D eigenvalue weighted by Crippen LogP contribution is 2.29. The van der Waals surface area contributed by atoms with Crippen LogP contribution in [0, 0.1) is 5.92 Å². The number of carboxylic acid groups (broad SMARTS) is 1. The largest absolute Gasteiger partial charge is 0.480 e. The lowest BCUT2D eigenvalue weighted by atomic mass is 10.3. The summed E-state index contributed by atoms with van der Waals surface area (Å²) in [6, 6.07) is 0. The molecule has 0 aromatic heterocycles. The van der Waals surface area contributed by atoms with Gasteiger partial charge in [0.05, 0.1) is 6.54 Å². The Hall–Kier alpha value is -0.810. The Kier molecular flexibility index (Phi) is 7.91. The van der Waals surface area contributed by atoms with Crippen LogP contribution in [0.4, 0.5) is 0 Å². The molecule has 0 spiro atoms. The normalized spacial score (nSPS) is 14.2. The number of amides is 1. The molecule has 6 heteroatoms. The van der Waals surface area contributed by atoms with Gasteiger partial charge in [0.15, 0.2) is 0 Å². The van der Waals surface area contributed by atoms with Crippen molar-refractivity contribution in [1.82, 2.24) is 10.2 Å². The summed E-state index contributed by atoms with van der Waals surface area (Å²) >= 11 is 0. The lowest BCUT2D eigenvalue weighted by Crippen LogP contribution is -2.40. The molecule has 2 N–H and O–H groups in total. The Balaban J connectivity index is 0.00000256. The molecule has 1 fully saturated rings. The highest BCUT2D eigenvalue weighted by atomic mass is 35.5. The predicted octanol–water partition coefficient (Wildman–Crippen LogP) is 0.731. The van der Waals surface area contributed by atoms with Gasteiger partial charge in [-0.2, -0.15) is 0 Å². The minimum Gasteiger partial charge on any atom is -0.480 e. The van der Waals surface area contributed by atoms with Gasteiger partial charge in [-0.25, -0.2) is 0 Å². The number of nitrogens with one attached hydrogen (secondary N) is 1. The zero-order valence-electron chi connectivity index (χ0n) is 10.1. The van der Waals surface area contributed by atoms with Crippen molar-refractivity contribution in [2.45, 2.75) is 26.2 Å². The molecule has 0 unspecified atom stereocenters. The summed E-state index contributed by atoms with van der Waals surface area (Å²) < 4.78 is 0. The monoisotopic (exact) mass is 264 g/mol. The quantitative estimate of drug-likeness (QED) is 0.678. The predicted molar refractivity (Wildman–Crippen MR) is 67.3 cm³/mol. The highest BCUT2D eigenvalue weighted by Gasteiger charge is 2.24. The van der Waals surface area contributed by atoms with E-state index in [1.165, 1.54) is 12.8 Å². The number of halogens is 1. The van der Waals surface area contributed by atoms with E-state index in [9.17, 15) is 9.59 Å².